The number of nitrogens with zero attached hydrogens (tertiary/aromatic N) is 8. The number of likely N-dealkylation sites (tertiary alicyclic amines) is 4. The first-order valence-electron chi connectivity index (χ1n) is 34.0. The molecule has 87 heavy (non-hydrogen) atoms. The largest absolute Gasteiger partial charge is 0.450 e. The summed E-state index contributed by atoms with van der Waals surface area (Å²) in [6, 6.07) is 26.4. The Kier molecular flexibility index (Phi) is 20.1. The van der Waals surface area contributed by atoms with Crippen molar-refractivity contribution >= 4 is 47.2 Å². The maximum atomic E-state index is 12.5. The van der Waals surface area contributed by atoms with Gasteiger partial charge in [0.05, 0.1) is 13.2 Å². The van der Waals surface area contributed by atoms with Crippen LogP contribution in [0.5, 0.6) is 0 Å². The molecule has 10 aliphatic rings. The molecule has 1 saturated carbocycles. The second-order valence-corrected chi connectivity index (χ2v) is 27.4. The quantitative estimate of drug-likeness (QED) is 0.241. The number of benzene rings is 3. The van der Waals surface area contributed by atoms with Crippen molar-refractivity contribution < 1.29 is 36.3 Å². The average molecular weight is 1200 g/mol. The van der Waals surface area contributed by atoms with E-state index in [1.165, 1.54) is 87.7 Å². The van der Waals surface area contributed by atoms with E-state index in [1.807, 2.05) is 53.8 Å². The van der Waals surface area contributed by atoms with Crippen LogP contribution in [0.3, 0.4) is 0 Å². The fourth-order valence-electron chi connectivity index (χ4n) is 18.1. The van der Waals surface area contributed by atoms with E-state index in [9.17, 15) is 24.0 Å². The molecule has 7 fully saturated rings. The van der Waals surface area contributed by atoms with Crippen LogP contribution in [0.2, 0.25) is 0 Å². The molecule has 6 saturated heterocycles. The van der Waals surface area contributed by atoms with Gasteiger partial charge in [-0.25, -0.2) is 19.2 Å². The molecule has 2 atom stereocenters. The van der Waals surface area contributed by atoms with E-state index in [2.05, 4.69) is 69.3 Å². The third kappa shape index (κ3) is 13.5. The number of fused-ring (bicyclic) bond motifs is 8. The third-order valence-corrected chi connectivity index (χ3v) is 22.9. The minimum absolute atomic E-state index is 0. The van der Waals surface area contributed by atoms with E-state index >= 15 is 0 Å². The molecule has 3 aromatic carbocycles. The number of nitrogens with two attached hydrogens (primary N) is 2. The van der Waals surface area contributed by atoms with E-state index < -0.39 is 0 Å². The molecular formula is C70H106N10O7. The zero-order valence-electron chi connectivity index (χ0n) is 52.9. The molecule has 1 aliphatic carbocycles. The lowest BCUT2D eigenvalue weighted by Gasteiger charge is -2.48. The van der Waals surface area contributed by atoms with Crippen molar-refractivity contribution in [1.29, 1.82) is 0 Å². The zero-order chi connectivity index (χ0) is 60.7. The smallest absolute Gasteiger partial charge is 0.410 e. The van der Waals surface area contributed by atoms with E-state index in [0.29, 0.717) is 50.3 Å². The molecule has 13 rings (SSSR count). The van der Waals surface area contributed by atoms with Crippen molar-refractivity contribution in [3.8, 4) is 0 Å². The minimum Gasteiger partial charge on any atom is -0.450 e. The number of carbonyl (C=O) groups excluding carboxylic acids is 5. The molecule has 9 heterocycles. The first-order valence-corrected chi connectivity index (χ1v) is 34.0. The summed E-state index contributed by atoms with van der Waals surface area (Å²) < 4.78 is 10.5. The van der Waals surface area contributed by atoms with Crippen LogP contribution in [0.1, 0.15) is 181 Å². The molecule has 2 bridgehead atoms. The van der Waals surface area contributed by atoms with E-state index in [4.69, 9.17) is 20.9 Å². The van der Waals surface area contributed by atoms with E-state index in [-0.39, 0.29) is 49.3 Å². The highest BCUT2D eigenvalue weighted by atomic mass is 16.6. The van der Waals surface area contributed by atoms with Gasteiger partial charge in [0, 0.05) is 95.7 Å². The maximum absolute atomic E-state index is 12.5. The third-order valence-electron chi connectivity index (χ3n) is 22.9. The molecule has 3 aromatic rings. The molecule has 17 heteroatoms. The molecule has 3 spiro atoms. The molecule has 0 aromatic heterocycles. The summed E-state index contributed by atoms with van der Waals surface area (Å²) in [5.41, 5.74) is 19.0. The first kappa shape index (κ1) is 62.7. The molecule has 7 amide bonds. The van der Waals surface area contributed by atoms with Crippen LogP contribution in [0.15, 0.2) is 72.8 Å². The number of hydrogen-bond acceptors (Lipinski definition) is 10. The topological polar surface area (TPSA) is 182 Å². The van der Waals surface area contributed by atoms with Crippen molar-refractivity contribution in [1.82, 2.24) is 24.5 Å². The Hall–Kier alpha value is -5.91. The van der Waals surface area contributed by atoms with Gasteiger partial charge in [-0.3, -0.25) is 14.6 Å². The fourth-order valence-corrected chi connectivity index (χ4v) is 18.1. The number of rotatable bonds is 6. The number of anilines is 3. The summed E-state index contributed by atoms with van der Waals surface area (Å²) in [6.45, 7) is 15.6. The number of ether oxygens (including phenoxy) is 2. The van der Waals surface area contributed by atoms with Crippen LogP contribution in [0, 0.1) is 5.92 Å². The van der Waals surface area contributed by atoms with E-state index in [1.54, 1.807) is 9.80 Å². The minimum atomic E-state index is -0.351. The van der Waals surface area contributed by atoms with Crippen molar-refractivity contribution in [2.75, 3.05) is 107 Å². The Labute approximate surface area is 521 Å². The van der Waals surface area contributed by atoms with Gasteiger partial charge in [0.1, 0.15) is 0 Å². The normalized spacial score (nSPS) is 25.8. The van der Waals surface area contributed by atoms with Gasteiger partial charge in [0.25, 0.3) is 0 Å². The Bertz CT molecular complexity index is 2850. The summed E-state index contributed by atoms with van der Waals surface area (Å²) in [6.07, 6.45) is 26.0. The number of carbonyl (C=O) groups is 5. The van der Waals surface area contributed by atoms with Crippen LogP contribution in [0.25, 0.3) is 0 Å². The predicted octanol–water partition coefficient (Wildman–Crippen LogP) is 12.0. The number of piperidine rings is 5. The van der Waals surface area contributed by atoms with Gasteiger partial charge in [-0.1, -0.05) is 73.9 Å². The Morgan fingerprint density at radius 1 is 0.494 bits per heavy atom. The van der Waals surface area contributed by atoms with Crippen LogP contribution in [-0.4, -0.2) is 171 Å². The molecule has 478 valence electrons. The number of amides is 7. The van der Waals surface area contributed by atoms with Gasteiger partial charge in [0.2, 0.25) is 5.91 Å². The second kappa shape index (κ2) is 27.9. The standard InChI is InChI=1S/C25H36N4O3.C23H33N3O3.C22H33N3O.2H2/c1-2-32-24(31)29-18-8-9-19(29)17-20(16-18)27-14-11-25(12-15-27)10-5-13-28(23(26)30)22-7-4-3-6-21(22)25;1-3-29-22(28)26-14-9-18(10-15-26)25-16-12-23(13-17-25)11-8-21(27)24(2)20-7-5-4-6-19(20)23;23-21(26)25-14-6-11-22(19-9-4-5-10-20(19)25)12-15-24(16-13-22)17-18-7-2-1-3-8-18;;/h3-4,6-7,18-20H,2,5,8-17H2,1H3,(H2,26,30);4-7,18H,3,8-17H2,1-2H3;4-5,9-10,18H,1-3,6-8,11-17H2,(H2,23,26);2*1H. The van der Waals surface area contributed by atoms with Gasteiger partial charge in [0.15, 0.2) is 0 Å². The summed E-state index contributed by atoms with van der Waals surface area (Å²) in [4.78, 5) is 78.2. The van der Waals surface area contributed by atoms with Crippen LogP contribution >= 0.6 is 0 Å². The lowest BCUT2D eigenvalue weighted by Crippen LogP contribution is -2.55. The van der Waals surface area contributed by atoms with Gasteiger partial charge in [-0.2, -0.15) is 0 Å². The predicted molar refractivity (Wildman–Crippen MR) is 348 cm³/mol. The Morgan fingerprint density at radius 2 is 0.943 bits per heavy atom. The number of para-hydroxylation sites is 3. The second-order valence-electron chi connectivity index (χ2n) is 27.4. The SMILES string of the molecule is CCOC(=O)N1C2CCC1CC(N1CCC3(CCCN(C(N)=O)c4ccccc43)CC1)C2.CCOC(=O)N1CCC(N2CCC3(CCC(=O)N(C)c4ccccc43)CC2)CC1.NC(=O)N1CCCC2(CCN(CC3CCCCC3)CC2)c2ccccc21.[HH].[HH]. The van der Waals surface area contributed by atoms with E-state index in [0.717, 1.165) is 159 Å². The zero-order valence-corrected chi connectivity index (χ0v) is 52.9. The molecule has 17 nitrogen and oxygen atoms in total. The fraction of sp³-hybridized carbons (Fsp3) is 0.671. The molecule has 0 radical (unpaired) electrons. The van der Waals surface area contributed by atoms with Crippen molar-refractivity contribution in [3.63, 3.8) is 0 Å². The average Bonchev–Trinajstić information content (AvgIpc) is 1.93. The lowest BCUT2D eigenvalue weighted by molar-refractivity contribution is -0.118. The number of urea groups is 2. The van der Waals surface area contributed by atoms with Crippen LogP contribution in [-0.2, 0) is 30.5 Å². The van der Waals surface area contributed by atoms with Gasteiger partial charge in [-0.05, 0) is 227 Å². The number of hydrogen-bond donors (Lipinski definition) is 2. The van der Waals surface area contributed by atoms with Gasteiger partial charge >= 0.3 is 24.2 Å². The maximum Gasteiger partial charge on any atom is 0.410 e. The molecule has 2 unspecified atom stereocenters. The van der Waals surface area contributed by atoms with Gasteiger partial charge < -0.3 is 50.3 Å². The summed E-state index contributed by atoms with van der Waals surface area (Å²) in [5.74, 6) is 1.15. The van der Waals surface area contributed by atoms with Gasteiger partial charge in [-0.15, -0.1) is 0 Å². The number of primary amides is 2. The Balaban J connectivity index is 0.000000158. The summed E-state index contributed by atoms with van der Waals surface area (Å²) in [7, 11) is 1.91. The Morgan fingerprint density at radius 3 is 1.45 bits per heavy atom. The monoisotopic (exact) mass is 1200 g/mol. The highest BCUT2D eigenvalue weighted by Gasteiger charge is 2.49. The molecule has 9 aliphatic heterocycles. The van der Waals surface area contributed by atoms with Crippen molar-refractivity contribution in [2.45, 2.75) is 202 Å². The highest BCUT2D eigenvalue weighted by molar-refractivity contribution is 5.95. The highest BCUT2D eigenvalue weighted by Crippen LogP contribution is 2.50. The first-order chi connectivity index (χ1) is 42.2. The van der Waals surface area contributed by atoms with Crippen LogP contribution in [0.4, 0.5) is 36.2 Å². The van der Waals surface area contributed by atoms with Crippen LogP contribution < -0.4 is 26.2 Å². The van der Waals surface area contributed by atoms with Crippen molar-refractivity contribution in [2.24, 2.45) is 17.4 Å². The summed E-state index contributed by atoms with van der Waals surface area (Å²) in [5, 5.41) is 0. The summed E-state index contributed by atoms with van der Waals surface area (Å²) >= 11 is 0. The lowest BCUT2D eigenvalue weighted by atomic mass is 9.69. The van der Waals surface area contributed by atoms with Crippen molar-refractivity contribution in [3.05, 3.63) is 89.5 Å². The molecule has 4 N–H and O–H groups in total. The molecular weight excluding hydrogens is 1090 g/mol.